The Labute approximate surface area is 129 Å². The van der Waals surface area contributed by atoms with E-state index in [1.165, 1.54) is 0 Å². The third-order valence-corrected chi connectivity index (χ3v) is 3.51. The smallest absolute Gasteiger partial charge is 0.278 e. The molecule has 6 nitrogen and oxygen atoms in total. The molecule has 1 N–H and O–H groups in total. The number of benzene rings is 1. The average Bonchev–Trinajstić information content (AvgIpc) is 2.48. The molecule has 0 aliphatic rings. The van der Waals surface area contributed by atoms with Crippen LogP contribution in [0.3, 0.4) is 0 Å². The molecule has 0 spiro atoms. The van der Waals surface area contributed by atoms with Crippen LogP contribution in [0, 0.1) is 5.92 Å². The maximum atomic E-state index is 12.2. The second kappa shape index (κ2) is 7.15. The molecule has 6 heteroatoms. The quantitative estimate of drug-likeness (QED) is 0.881. The van der Waals surface area contributed by atoms with Crippen molar-refractivity contribution in [2.45, 2.75) is 46.2 Å². The van der Waals surface area contributed by atoms with Crippen LogP contribution in [0.25, 0.3) is 10.9 Å². The number of nitrogens with zero attached hydrogens (tertiary/aromatic N) is 3. The summed E-state index contributed by atoms with van der Waals surface area (Å²) in [6.45, 7) is 6.16. The third-order valence-electron chi connectivity index (χ3n) is 3.51. The monoisotopic (exact) mass is 302 g/mol. The molecule has 22 heavy (non-hydrogen) atoms. The van der Waals surface area contributed by atoms with Gasteiger partial charge in [-0.1, -0.05) is 31.2 Å². The molecule has 2 rings (SSSR count). The molecule has 0 unspecified atom stereocenters. The fraction of sp³-hybridized carbons (Fsp3) is 0.500. The first-order valence-electron chi connectivity index (χ1n) is 7.59. The van der Waals surface area contributed by atoms with E-state index in [-0.39, 0.29) is 24.1 Å². The Morgan fingerprint density at radius 1 is 1.23 bits per heavy atom. The van der Waals surface area contributed by atoms with Crippen LogP contribution in [-0.4, -0.2) is 26.9 Å². The van der Waals surface area contributed by atoms with Gasteiger partial charge in [-0.05, 0) is 37.8 Å². The van der Waals surface area contributed by atoms with Crippen LogP contribution in [-0.2, 0) is 11.3 Å². The van der Waals surface area contributed by atoms with Crippen molar-refractivity contribution in [3.63, 3.8) is 0 Å². The molecular weight excluding hydrogens is 280 g/mol. The predicted octanol–water partition coefficient (Wildman–Crippen LogP) is 1.73. The van der Waals surface area contributed by atoms with Gasteiger partial charge in [-0.25, -0.2) is 4.68 Å². The Morgan fingerprint density at radius 2 is 1.95 bits per heavy atom. The summed E-state index contributed by atoms with van der Waals surface area (Å²) < 4.78 is 1.10. The number of aromatic nitrogens is 3. The molecule has 0 aliphatic heterocycles. The van der Waals surface area contributed by atoms with E-state index in [1.54, 1.807) is 24.3 Å². The second-order valence-corrected chi connectivity index (χ2v) is 6.01. The zero-order chi connectivity index (χ0) is 16.1. The first-order valence-corrected chi connectivity index (χ1v) is 7.59. The standard InChI is InChI=1S/C16H22N4O2/c1-11(2)8-9-12(3)17-15(21)10-20-16(22)13-6-4-5-7-14(13)18-19-20/h4-7,11-12H,8-10H2,1-3H3,(H,17,21)/t12-/m1/s1. The normalized spacial score (nSPS) is 12.5. The van der Waals surface area contributed by atoms with Crippen molar-refractivity contribution in [1.82, 2.24) is 20.3 Å². The summed E-state index contributed by atoms with van der Waals surface area (Å²) >= 11 is 0. The Hall–Kier alpha value is -2.24. The van der Waals surface area contributed by atoms with Crippen molar-refractivity contribution in [3.05, 3.63) is 34.6 Å². The fourth-order valence-electron chi connectivity index (χ4n) is 2.24. The van der Waals surface area contributed by atoms with Crippen molar-refractivity contribution in [1.29, 1.82) is 0 Å². The minimum absolute atomic E-state index is 0.0824. The Morgan fingerprint density at radius 3 is 2.68 bits per heavy atom. The molecule has 0 saturated heterocycles. The van der Waals surface area contributed by atoms with Crippen molar-refractivity contribution in [2.24, 2.45) is 5.92 Å². The minimum atomic E-state index is -0.296. The van der Waals surface area contributed by atoms with Crippen LogP contribution in [0.2, 0.25) is 0 Å². The van der Waals surface area contributed by atoms with Crippen molar-refractivity contribution in [3.8, 4) is 0 Å². The molecule has 0 radical (unpaired) electrons. The highest BCUT2D eigenvalue weighted by molar-refractivity contribution is 5.78. The van der Waals surface area contributed by atoms with E-state index in [9.17, 15) is 9.59 Å². The highest BCUT2D eigenvalue weighted by Crippen LogP contribution is 2.06. The molecule has 118 valence electrons. The molecule has 1 aromatic heterocycles. The lowest BCUT2D eigenvalue weighted by molar-refractivity contribution is -0.122. The van der Waals surface area contributed by atoms with Gasteiger partial charge in [0.2, 0.25) is 5.91 Å². The van der Waals surface area contributed by atoms with Crippen molar-refractivity contribution < 1.29 is 4.79 Å². The molecule has 0 saturated carbocycles. The van der Waals surface area contributed by atoms with Crippen LogP contribution in [0.4, 0.5) is 0 Å². The van der Waals surface area contributed by atoms with Crippen LogP contribution in [0.1, 0.15) is 33.6 Å². The largest absolute Gasteiger partial charge is 0.352 e. The summed E-state index contributed by atoms with van der Waals surface area (Å²) in [5, 5.41) is 11.2. The first kappa shape index (κ1) is 16.1. The van der Waals surface area contributed by atoms with E-state index >= 15 is 0 Å². The number of rotatable bonds is 6. The number of carbonyl (C=O) groups is 1. The Kier molecular flexibility index (Phi) is 5.25. The number of amides is 1. The van der Waals surface area contributed by atoms with Crippen LogP contribution >= 0.6 is 0 Å². The molecule has 1 heterocycles. The van der Waals surface area contributed by atoms with Crippen LogP contribution < -0.4 is 10.9 Å². The van der Waals surface area contributed by atoms with E-state index in [2.05, 4.69) is 29.5 Å². The van der Waals surface area contributed by atoms with Gasteiger partial charge < -0.3 is 5.32 Å². The molecule has 2 aromatic rings. The molecular formula is C16H22N4O2. The number of fused-ring (bicyclic) bond motifs is 1. The summed E-state index contributed by atoms with van der Waals surface area (Å²) in [7, 11) is 0. The van der Waals surface area contributed by atoms with E-state index in [0.717, 1.165) is 17.5 Å². The topological polar surface area (TPSA) is 76.9 Å². The lowest BCUT2D eigenvalue weighted by atomic mass is 10.0. The van der Waals surface area contributed by atoms with Gasteiger partial charge in [0, 0.05) is 6.04 Å². The Balaban J connectivity index is 2.03. The summed E-state index contributed by atoms with van der Waals surface area (Å²) in [5.41, 5.74) is 0.241. The third kappa shape index (κ3) is 4.13. The van der Waals surface area contributed by atoms with E-state index < -0.39 is 0 Å². The lowest BCUT2D eigenvalue weighted by Gasteiger charge is -2.15. The second-order valence-electron chi connectivity index (χ2n) is 6.01. The van der Waals surface area contributed by atoms with Gasteiger partial charge in [-0.15, -0.1) is 5.10 Å². The zero-order valence-corrected chi connectivity index (χ0v) is 13.2. The first-order chi connectivity index (χ1) is 10.5. The van der Waals surface area contributed by atoms with E-state index in [0.29, 0.717) is 16.8 Å². The highest BCUT2D eigenvalue weighted by Gasteiger charge is 2.12. The summed E-state index contributed by atoms with van der Waals surface area (Å²) in [5.74, 6) is 0.385. The maximum Gasteiger partial charge on any atom is 0.278 e. The summed E-state index contributed by atoms with van der Waals surface area (Å²) in [4.78, 5) is 24.3. The van der Waals surface area contributed by atoms with Crippen LogP contribution in [0.15, 0.2) is 29.1 Å². The number of carbonyl (C=O) groups excluding carboxylic acids is 1. The average molecular weight is 302 g/mol. The fourth-order valence-corrected chi connectivity index (χ4v) is 2.24. The number of nitrogens with one attached hydrogen (secondary N) is 1. The summed E-state index contributed by atoms with van der Waals surface area (Å²) in [6, 6.07) is 7.06. The van der Waals surface area contributed by atoms with Gasteiger partial charge in [-0.3, -0.25) is 9.59 Å². The van der Waals surface area contributed by atoms with Crippen molar-refractivity contribution >= 4 is 16.8 Å². The minimum Gasteiger partial charge on any atom is -0.352 e. The maximum absolute atomic E-state index is 12.2. The SMILES string of the molecule is CC(C)CC[C@@H](C)NC(=O)Cn1nnc2ccccc2c1=O. The van der Waals surface area contributed by atoms with E-state index in [1.807, 2.05) is 6.92 Å². The molecule has 1 atom stereocenters. The number of hydrogen-bond donors (Lipinski definition) is 1. The van der Waals surface area contributed by atoms with Gasteiger partial charge >= 0.3 is 0 Å². The lowest BCUT2D eigenvalue weighted by Crippen LogP contribution is -2.38. The van der Waals surface area contributed by atoms with Gasteiger partial charge in [0.15, 0.2) is 0 Å². The van der Waals surface area contributed by atoms with E-state index in [4.69, 9.17) is 0 Å². The molecule has 0 bridgehead atoms. The van der Waals surface area contributed by atoms with Crippen LogP contribution in [0.5, 0.6) is 0 Å². The molecule has 1 amide bonds. The number of hydrogen-bond acceptors (Lipinski definition) is 4. The molecule has 0 fully saturated rings. The summed E-state index contributed by atoms with van der Waals surface area (Å²) in [6.07, 6.45) is 1.97. The van der Waals surface area contributed by atoms with Gasteiger partial charge in [0.25, 0.3) is 5.56 Å². The predicted molar refractivity (Wildman–Crippen MR) is 85.5 cm³/mol. The van der Waals surface area contributed by atoms with Gasteiger partial charge in [-0.2, -0.15) is 0 Å². The highest BCUT2D eigenvalue weighted by atomic mass is 16.2. The zero-order valence-electron chi connectivity index (χ0n) is 13.2. The molecule has 0 aliphatic carbocycles. The van der Waals surface area contributed by atoms with Gasteiger partial charge in [0.05, 0.1) is 5.39 Å². The molecule has 1 aromatic carbocycles. The van der Waals surface area contributed by atoms with Gasteiger partial charge in [0.1, 0.15) is 12.1 Å². The van der Waals surface area contributed by atoms with Crippen molar-refractivity contribution in [2.75, 3.05) is 0 Å². The Bertz CT molecular complexity index is 709.